The van der Waals surface area contributed by atoms with E-state index in [1.807, 2.05) is 36.4 Å². The van der Waals surface area contributed by atoms with Gasteiger partial charge < -0.3 is 9.15 Å². The molecular formula is C19H16ClNO3S2. The van der Waals surface area contributed by atoms with Gasteiger partial charge >= 0.3 is 0 Å². The van der Waals surface area contributed by atoms with Crippen LogP contribution in [-0.2, 0) is 9.53 Å². The molecule has 2 aliphatic heterocycles. The molecule has 0 aliphatic carbocycles. The number of carbonyl (C=O) groups is 1. The number of halogens is 1. The van der Waals surface area contributed by atoms with Crippen molar-refractivity contribution in [1.82, 2.24) is 4.90 Å². The van der Waals surface area contributed by atoms with Crippen molar-refractivity contribution < 1.29 is 13.9 Å². The average Bonchev–Trinajstić information content (AvgIpc) is 3.35. The van der Waals surface area contributed by atoms with E-state index in [2.05, 4.69) is 0 Å². The lowest BCUT2D eigenvalue weighted by Crippen LogP contribution is -2.35. The summed E-state index contributed by atoms with van der Waals surface area (Å²) >= 11 is 12.6. The normalized spacial score (nSPS) is 22.0. The second-order valence-electron chi connectivity index (χ2n) is 6.14. The van der Waals surface area contributed by atoms with E-state index in [-0.39, 0.29) is 12.0 Å². The summed E-state index contributed by atoms with van der Waals surface area (Å²) in [6.07, 6.45) is 3.83. The average molecular weight is 406 g/mol. The van der Waals surface area contributed by atoms with Gasteiger partial charge in [0, 0.05) is 23.3 Å². The molecule has 1 aromatic carbocycles. The largest absolute Gasteiger partial charge is 0.457 e. The highest BCUT2D eigenvalue weighted by Gasteiger charge is 2.34. The predicted molar refractivity (Wildman–Crippen MR) is 108 cm³/mol. The van der Waals surface area contributed by atoms with Gasteiger partial charge in [-0.25, -0.2) is 0 Å². The summed E-state index contributed by atoms with van der Waals surface area (Å²) in [6, 6.07) is 11.1. The third-order valence-electron chi connectivity index (χ3n) is 4.31. The predicted octanol–water partition coefficient (Wildman–Crippen LogP) is 4.98. The SMILES string of the molecule is O=C1/C(=C/c2ccc(-c3ccc(Cl)cc3)o2)SC(=S)N1C[C@H]1CCCO1. The molecule has 134 valence electrons. The molecule has 2 aromatic rings. The van der Waals surface area contributed by atoms with Gasteiger partial charge in [0.1, 0.15) is 15.8 Å². The van der Waals surface area contributed by atoms with Crippen LogP contribution in [0.2, 0.25) is 5.02 Å². The van der Waals surface area contributed by atoms with Crippen LogP contribution in [0.4, 0.5) is 0 Å². The van der Waals surface area contributed by atoms with E-state index < -0.39 is 0 Å². The number of nitrogens with zero attached hydrogens (tertiary/aromatic N) is 1. The number of benzene rings is 1. The number of thioether (sulfide) groups is 1. The number of furan rings is 1. The van der Waals surface area contributed by atoms with E-state index in [4.69, 9.17) is 33.0 Å². The quantitative estimate of drug-likeness (QED) is 0.530. The van der Waals surface area contributed by atoms with Crippen molar-refractivity contribution in [3.05, 3.63) is 52.1 Å². The molecule has 4 rings (SSSR count). The molecule has 0 bridgehead atoms. The Labute approximate surface area is 166 Å². The van der Waals surface area contributed by atoms with E-state index in [1.165, 1.54) is 11.8 Å². The zero-order chi connectivity index (χ0) is 18.1. The van der Waals surface area contributed by atoms with Gasteiger partial charge in [0.25, 0.3) is 5.91 Å². The van der Waals surface area contributed by atoms with Crippen molar-refractivity contribution in [2.45, 2.75) is 18.9 Å². The van der Waals surface area contributed by atoms with E-state index in [9.17, 15) is 4.79 Å². The van der Waals surface area contributed by atoms with Gasteiger partial charge in [0.2, 0.25) is 0 Å². The second-order valence-corrected chi connectivity index (χ2v) is 8.25. The van der Waals surface area contributed by atoms with Gasteiger partial charge in [-0.15, -0.1) is 0 Å². The van der Waals surface area contributed by atoms with Crippen LogP contribution in [0.1, 0.15) is 18.6 Å². The van der Waals surface area contributed by atoms with Gasteiger partial charge in [0.05, 0.1) is 17.6 Å². The van der Waals surface area contributed by atoms with Crippen LogP contribution in [0.15, 0.2) is 45.7 Å². The fourth-order valence-electron chi connectivity index (χ4n) is 2.98. The van der Waals surface area contributed by atoms with E-state index >= 15 is 0 Å². The Hall–Kier alpha value is -1.60. The molecule has 2 saturated heterocycles. The monoisotopic (exact) mass is 405 g/mol. The lowest BCUT2D eigenvalue weighted by atomic mass is 10.2. The van der Waals surface area contributed by atoms with Crippen molar-refractivity contribution in [2.75, 3.05) is 13.2 Å². The maximum atomic E-state index is 12.7. The smallest absolute Gasteiger partial charge is 0.266 e. The highest BCUT2D eigenvalue weighted by Crippen LogP contribution is 2.34. The first kappa shape index (κ1) is 17.8. The molecule has 0 N–H and O–H groups in total. The standard InChI is InChI=1S/C19H16ClNO3S2/c20-13-5-3-12(4-6-13)16-8-7-14(24-16)10-17-18(22)21(19(25)26-17)11-15-2-1-9-23-15/h3-8,10,15H,1-2,9,11H2/b17-10-/t15-/m1/s1. The first-order valence-corrected chi connectivity index (χ1v) is 9.93. The minimum Gasteiger partial charge on any atom is -0.457 e. The molecule has 0 radical (unpaired) electrons. The summed E-state index contributed by atoms with van der Waals surface area (Å²) < 4.78 is 12.0. The number of carbonyl (C=O) groups excluding carboxylic acids is 1. The summed E-state index contributed by atoms with van der Waals surface area (Å²) in [6.45, 7) is 1.28. The summed E-state index contributed by atoms with van der Waals surface area (Å²) in [7, 11) is 0. The van der Waals surface area contributed by atoms with Gasteiger partial charge in [-0.05, 0) is 49.2 Å². The molecular weight excluding hydrogens is 390 g/mol. The van der Waals surface area contributed by atoms with Gasteiger partial charge in [-0.3, -0.25) is 9.69 Å². The molecule has 3 heterocycles. The maximum Gasteiger partial charge on any atom is 0.266 e. The van der Waals surface area contributed by atoms with Gasteiger partial charge in [-0.1, -0.05) is 35.6 Å². The molecule has 2 fully saturated rings. The van der Waals surface area contributed by atoms with Crippen LogP contribution >= 0.6 is 35.6 Å². The van der Waals surface area contributed by atoms with Crippen LogP contribution in [0.25, 0.3) is 17.4 Å². The van der Waals surface area contributed by atoms with Gasteiger partial charge in [-0.2, -0.15) is 0 Å². The van der Waals surface area contributed by atoms with Crippen molar-refractivity contribution in [1.29, 1.82) is 0 Å². The van der Waals surface area contributed by atoms with E-state index in [0.29, 0.717) is 26.6 Å². The first-order valence-electron chi connectivity index (χ1n) is 8.33. The van der Waals surface area contributed by atoms with E-state index in [0.717, 1.165) is 30.8 Å². The van der Waals surface area contributed by atoms with Crippen LogP contribution in [0, 0.1) is 0 Å². The second kappa shape index (κ2) is 7.56. The minimum atomic E-state index is -0.0834. The molecule has 0 unspecified atom stereocenters. The zero-order valence-electron chi connectivity index (χ0n) is 13.8. The summed E-state index contributed by atoms with van der Waals surface area (Å²) in [5.74, 6) is 1.26. The number of hydrogen-bond acceptors (Lipinski definition) is 5. The van der Waals surface area contributed by atoms with Crippen LogP contribution in [0.5, 0.6) is 0 Å². The molecule has 1 aromatic heterocycles. The molecule has 1 atom stereocenters. The minimum absolute atomic E-state index is 0.0805. The Balaban J connectivity index is 1.50. The number of amides is 1. The Morgan fingerprint density at radius 1 is 1.27 bits per heavy atom. The third kappa shape index (κ3) is 3.74. The Morgan fingerprint density at radius 3 is 2.81 bits per heavy atom. The van der Waals surface area contributed by atoms with Crippen LogP contribution in [-0.4, -0.2) is 34.4 Å². The fourth-order valence-corrected chi connectivity index (χ4v) is 4.36. The molecule has 1 amide bonds. The zero-order valence-corrected chi connectivity index (χ0v) is 16.2. The number of hydrogen-bond donors (Lipinski definition) is 0. The molecule has 0 spiro atoms. The maximum absolute atomic E-state index is 12.7. The van der Waals surface area contributed by atoms with Gasteiger partial charge in [0.15, 0.2) is 0 Å². The van der Waals surface area contributed by atoms with Crippen molar-refractivity contribution in [3.8, 4) is 11.3 Å². The molecule has 7 heteroatoms. The molecule has 2 aliphatic rings. The molecule has 26 heavy (non-hydrogen) atoms. The number of ether oxygens (including phenoxy) is 1. The Kier molecular flexibility index (Phi) is 5.18. The van der Waals surface area contributed by atoms with Crippen LogP contribution < -0.4 is 0 Å². The van der Waals surface area contributed by atoms with E-state index in [1.54, 1.807) is 11.0 Å². The lowest BCUT2D eigenvalue weighted by molar-refractivity contribution is -0.123. The lowest BCUT2D eigenvalue weighted by Gasteiger charge is -2.18. The van der Waals surface area contributed by atoms with Crippen molar-refractivity contribution in [2.24, 2.45) is 0 Å². The third-order valence-corrected chi connectivity index (χ3v) is 5.94. The highest BCUT2D eigenvalue weighted by molar-refractivity contribution is 8.26. The van der Waals surface area contributed by atoms with Crippen LogP contribution in [0.3, 0.4) is 0 Å². The summed E-state index contributed by atoms with van der Waals surface area (Å²) in [5.41, 5.74) is 0.931. The Bertz CT molecular complexity index is 869. The topological polar surface area (TPSA) is 42.7 Å². The molecule has 4 nitrogen and oxygen atoms in total. The number of rotatable bonds is 4. The fraction of sp³-hybridized carbons (Fsp3) is 0.263. The summed E-state index contributed by atoms with van der Waals surface area (Å²) in [5, 5.41) is 0.676. The molecule has 0 saturated carbocycles. The number of thiocarbonyl (C=S) groups is 1. The highest BCUT2D eigenvalue weighted by atomic mass is 35.5. The summed E-state index contributed by atoms with van der Waals surface area (Å²) in [4.78, 5) is 14.9. The van der Waals surface area contributed by atoms with Crippen molar-refractivity contribution >= 4 is 51.9 Å². The first-order chi connectivity index (χ1) is 12.6. The van der Waals surface area contributed by atoms with Crippen molar-refractivity contribution in [3.63, 3.8) is 0 Å². The Morgan fingerprint density at radius 2 is 2.08 bits per heavy atom.